The van der Waals surface area contributed by atoms with Gasteiger partial charge in [-0.2, -0.15) is 0 Å². The maximum absolute atomic E-state index is 12.4. The molecule has 0 bridgehead atoms. The molecule has 0 aromatic rings. The van der Waals surface area contributed by atoms with E-state index < -0.39 is 17.8 Å². The largest absolute Gasteiger partial charge is 0.481 e. The zero-order chi connectivity index (χ0) is 14.5. The molecule has 0 spiro atoms. The molecule has 0 aromatic carbocycles. The van der Waals surface area contributed by atoms with E-state index in [-0.39, 0.29) is 11.9 Å². The van der Waals surface area contributed by atoms with Crippen molar-refractivity contribution in [3.05, 3.63) is 12.2 Å². The van der Waals surface area contributed by atoms with Crippen LogP contribution in [0.2, 0.25) is 0 Å². The number of aliphatic carboxylic acids is 1. The number of amides is 1. The molecule has 2 rings (SSSR count). The molecule has 2 aliphatic carbocycles. The van der Waals surface area contributed by atoms with Crippen molar-refractivity contribution in [2.75, 3.05) is 0 Å². The van der Waals surface area contributed by atoms with E-state index in [0.717, 1.165) is 0 Å². The summed E-state index contributed by atoms with van der Waals surface area (Å²) in [6, 6.07) is 0.156. The molecule has 3 atom stereocenters. The van der Waals surface area contributed by atoms with Gasteiger partial charge in [0.15, 0.2) is 0 Å². The van der Waals surface area contributed by atoms with E-state index in [2.05, 4.69) is 12.2 Å². The van der Waals surface area contributed by atoms with Crippen molar-refractivity contribution < 1.29 is 14.7 Å². The van der Waals surface area contributed by atoms with Gasteiger partial charge >= 0.3 is 5.97 Å². The maximum atomic E-state index is 12.4. The van der Waals surface area contributed by atoms with E-state index in [1.165, 1.54) is 32.1 Å². The molecule has 2 N–H and O–H groups in total. The maximum Gasteiger partial charge on any atom is 0.307 e. The number of allylic oxidation sites excluding steroid dienone is 2. The summed E-state index contributed by atoms with van der Waals surface area (Å²) in [5, 5.41) is 12.3. The first-order valence-electron chi connectivity index (χ1n) is 7.77. The number of rotatable bonds is 4. The third-order valence-corrected chi connectivity index (χ3v) is 4.81. The van der Waals surface area contributed by atoms with E-state index in [1.54, 1.807) is 0 Å². The van der Waals surface area contributed by atoms with E-state index in [4.69, 9.17) is 0 Å². The van der Waals surface area contributed by atoms with Crippen LogP contribution in [0.5, 0.6) is 0 Å². The third-order valence-electron chi connectivity index (χ3n) is 4.81. The highest BCUT2D eigenvalue weighted by Gasteiger charge is 2.35. The second kappa shape index (κ2) is 6.91. The monoisotopic (exact) mass is 279 g/mol. The topological polar surface area (TPSA) is 66.4 Å². The Morgan fingerprint density at radius 1 is 1.10 bits per heavy atom. The van der Waals surface area contributed by atoms with Gasteiger partial charge in [0, 0.05) is 6.04 Å². The molecule has 112 valence electrons. The molecule has 0 heterocycles. The Kier molecular flexibility index (Phi) is 5.21. The van der Waals surface area contributed by atoms with Crippen molar-refractivity contribution in [2.45, 2.75) is 57.9 Å². The highest BCUT2D eigenvalue weighted by molar-refractivity contribution is 5.85. The predicted molar refractivity (Wildman–Crippen MR) is 77.2 cm³/mol. The van der Waals surface area contributed by atoms with Crippen molar-refractivity contribution in [1.29, 1.82) is 0 Å². The molecule has 0 aromatic heterocycles. The van der Waals surface area contributed by atoms with Gasteiger partial charge in [-0.15, -0.1) is 0 Å². The highest BCUT2D eigenvalue weighted by Crippen LogP contribution is 2.29. The molecule has 20 heavy (non-hydrogen) atoms. The fourth-order valence-electron chi connectivity index (χ4n) is 3.46. The molecule has 0 unspecified atom stereocenters. The van der Waals surface area contributed by atoms with Gasteiger partial charge in [-0.05, 0) is 38.5 Å². The van der Waals surface area contributed by atoms with Crippen LogP contribution in [0.4, 0.5) is 0 Å². The molecule has 1 saturated carbocycles. The van der Waals surface area contributed by atoms with Crippen LogP contribution in [0.3, 0.4) is 0 Å². The smallest absolute Gasteiger partial charge is 0.307 e. The molecule has 0 aliphatic heterocycles. The van der Waals surface area contributed by atoms with E-state index >= 15 is 0 Å². The second-order valence-corrected chi connectivity index (χ2v) is 6.19. The lowest BCUT2D eigenvalue weighted by Crippen LogP contribution is -2.45. The molecule has 0 radical (unpaired) electrons. The lowest BCUT2D eigenvalue weighted by atomic mass is 9.81. The molecule has 4 nitrogen and oxygen atoms in total. The van der Waals surface area contributed by atoms with Crippen LogP contribution in [-0.4, -0.2) is 23.0 Å². The van der Waals surface area contributed by atoms with Gasteiger partial charge in [0.25, 0.3) is 0 Å². The lowest BCUT2D eigenvalue weighted by molar-refractivity contribution is -0.147. The first-order chi connectivity index (χ1) is 9.59. The van der Waals surface area contributed by atoms with Gasteiger partial charge in [-0.3, -0.25) is 9.59 Å². The van der Waals surface area contributed by atoms with Crippen LogP contribution < -0.4 is 5.32 Å². The quantitative estimate of drug-likeness (QED) is 0.778. The summed E-state index contributed by atoms with van der Waals surface area (Å²) in [4.78, 5) is 23.6. The predicted octanol–water partition coefficient (Wildman–Crippen LogP) is 2.74. The Morgan fingerprint density at radius 2 is 1.70 bits per heavy atom. The van der Waals surface area contributed by atoms with E-state index in [1.807, 2.05) is 12.2 Å². The lowest BCUT2D eigenvalue weighted by Gasteiger charge is -2.31. The van der Waals surface area contributed by atoms with Crippen molar-refractivity contribution in [2.24, 2.45) is 17.8 Å². The molecular formula is C16H25NO3. The van der Waals surface area contributed by atoms with Crippen LogP contribution in [0.1, 0.15) is 51.9 Å². The van der Waals surface area contributed by atoms with Gasteiger partial charge < -0.3 is 10.4 Å². The Bertz CT molecular complexity index is 385. The van der Waals surface area contributed by atoms with E-state index in [9.17, 15) is 14.7 Å². The zero-order valence-electron chi connectivity index (χ0n) is 12.2. The zero-order valence-corrected chi connectivity index (χ0v) is 12.2. The summed E-state index contributed by atoms with van der Waals surface area (Å²) in [5.41, 5.74) is 0. The highest BCUT2D eigenvalue weighted by atomic mass is 16.4. The molecule has 1 amide bonds. The normalized spacial score (nSPS) is 28.9. The first kappa shape index (κ1) is 15.1. The fourth-order valence-corrected chi connectivity index (χ4v) is 3.46. The molecule has 0 saturated heterocycles. The van der Waals surface area contributed by atoms with E-state index in [0.29, 0.717) is 18.8 Å². The molecular weight excluding hydrogens is 254 g/mol. The SMILES string of the molecule is C[C@@H](NC(=O)[C@@H]1CC=CC[C@@H]1C(=O)O)C1CCCCC1. The summed E-state index contributed by atoms with van der Waals surface area (Å²) in [7, 11) is 0. The number of carbonyl (C=O) groups excluding carboxylic acids is 1. The van der Waals surface area contributed by atoms with Gasteiger partial charge in [0.1, 0.15) is 0 Å². The third kappa shape index (κ3) is 3.62. The Hall–Kier alpha value is -1.32. The number of carbonyl (C=O) groups is 2. The average Bonchev–Trinajstić information content (AvgIpc) is 2.48. The minimum Gasteiger partial charge on any atom is -0.481 e. The van der Waals surface area contributed by atoms with Crippen LogP contribution in [-0.2, 0) is 9.59 Å². The second-order valence-electron chi connectivity index (χ2n) is 6.19. The minimum atomic E-state index is -0.861. The summed E-state index contributed by atoms with van der Waals surface area (Å²) in [6.07, 6.45) is 10.9. The van der Waals surface area contributed by atoms with Crippen LogP contribution in [0.25, 0.3) is 0 Å². The molecule has 1 fully saturated rings. The van der Waals surface area contributed by atoms with Crippen LogP contribution in [0.15, 0.2) is 12.2 Å². The van der Waals surface area contributed by atoms with Crippen molar-refractivity contribution >= 4 is 11.9 Å². The van der Waals surface area contributed by atoms with Crippen molar-refractivity contribution in [3.63, 3.8) is 0 Å². The van der Waals surface area contributed by atoms with Crippen LogP contribution >= 0.6 is 0 Å². The standard InChI is InChI=1S/C16H25NO3/c1-11(12-7-3-2-4-8-12)17-15(18)13-9-5-6-10-14(13)16(19)20/h5-6,11-14H,2-4,7-10H2,1H3,(H,17,18)(H,19,20)/t11-,13-,14+/m1/s1. The molecule has 4 heteroatoms. The summed E-state index contributed by atoms with van der Waals surface area (Å²) in [5.74, 6) is -1.38. The summed E-state index contributed by atoms with van der Waals surface area (Å²) < 4.78 is 0. The Morgan fingerprint density at radius 3 is 2.30 bits per heavy atom. The number of nitrogens with one attached hydrogen (secondary N) is 1. The van der Waals surface area contributed by atoms with Gasteiger partial charge in [0.05, 0.1) is 11.8 Å². The van der Waals surface area contributed by atoms with Gasteiger partial charge in [-0.1, -0.05) is 31.4 Å². The Balaban J connectivity index is 1.92. The fraction of sp³-hybridized carbons (Fsp3) is 0.750. The summed E-state index contributed by atoms with van der Waals surface area (Å²) in [6.45, 7) is 2.06. The Labute approximate surface area is 120 Å². The first-order valence-corrected chi connectivity index (χ1v) is 7.77. The van der Waals surface area contributed by atoms with Crippen LogP contribution in [0, 0.1) is 17.8 Å². The van der Waals surface area contributed by atoms with Gasteiger partial charge in [0.2, 0.25) is 5.91 Å². The molecule has 2 aliphatic rings. The van der Waals surface area contributed by atoms with Crippen molar-refractivity contribution in [1.82, 2.24) is 5.32 Å². The van der Waals surface area contributed by atoms with Crippen molar-refractivity contribution in [3.8, 4) is 0 Å². The number of carboxylic acid groups (broad SMARTS) is 1. The number of hydrogen-bond acceptors (Lipinski definition) is 2. The minimum absolute atomic E-state index is 0.0835. The summed E-state index contributed by atoms with van der Waals surface area (Å²) >= 11 is 0. The number of carboxylic acids is 1. The number of hydrogen-bond donors (Lipinski definition) is 2. The average molecular weight is 279 g/mol. The van der Waals surface area contributed by atoms with Gasteiger partial charge in [-0.25, -0.2) is 0 Å².